The van der Waals surface area contributed by atoms with Crippen molar-refractivity contribution in [3.05, 3.63) is 0 Å². The maximum atomic E-state index is 6.12. The molecule has 1 aliphatic carbocycles. The fraction of sp³-hybridized carbons (Fsp3) is 1.00. The van der Waals surface area contributed by atoms with E-state index in [0.717, 1.165) is 25.8 Å². The molecule has 2 rings (SSSR count). The molecule has 1 aliphatic heterocycles. The molecule has 2 aliphatic rings. The Morgan fingerprint density at radius 1 is 1.08 bits per heavy atom. The molecular weight excluding hydrogens is 162 g/mol. The zero-order valence-corrected chi connectivity index (χ0v) is 9.24. The molecule has 0 aromatic carbocycles. The quantitative estimate of drug-likeness (QED) is 0.622. The lowest BCUT2D eigenvalue weighted by atomic mass is 9.64. The molecule has 2 fully saturated rings. The number of hydrogen-bond donors (Lipinski definition) is 1. The molecule has 0 aromatic heterocycles. The molecule has 0 aromatic rings. The normalized spacial score (nSPS) is 34.2. The van der Waals surface area contributed by atoms with E-state index < -0.39 is 0 Å². The molecule has 1 spiro atoms. The predicted molar refractivity (Wildman–Crippen MR) is 53.5 cm³/mol. The lowest BCUT2D eigenvalue weighted by Gasteiger charge is -2.58. The molecule has 1 saturated heterocycles. The molecule has 1 N–H and O–H groups in total. The summed E-state index contributed by atoms with van der Waals surface area (Å²) >= 11 is 0. The highest BCUT2D eigenvalue weighted by molar-refractivity contribution is 5.02. The van der Waals surface area contributed by atoms with Crippen LogP contribution >= 0.6 is 0 Å². The van der Waals surface area contributed by atoms with Gasteiger partial charge in [-0.25, -0.2) is 0 Å². The fourth-order valence-corrected chi connectivity index (χ4v) is 2.90. The Bertz CT molecular complexity index is 212. The molecule has 1 heterocycles. The van der Waals surface area contributed by atoms with Crippen LogP contribution in [0, 0.1) is 5.41 Å². The number of rotatable bonds is 0. The minimum atomic E-state index is 0.0191. The van der Waals surface area contributed by atoms with Gasteiger partial charge in [-0.3, -0.25) is 5.32 Å². The van der Waals surface area contributed by atoms with Gasteiger partial charge in [0.1, 0.15) is 5.72 Å². The largest absolute Gasteiger partial charge is 0.355 e. The molecule has 0 bridgehead atoms. The van der Waals surface area contributed by atoms with E-state index >= 15 is 0 Å². The van der Waals surface area contributed by atoms with E-state index in [1.165, 1.54) is 0 Å². The SMILES string of the molecule is CC1(C)CC2(C1)NCCC(C)(C)O2. The van der Waals surface area contributed by atoms with Gasteiger partial charge in [-0.2, -0.15) is 0 Å². The van der Waals surface area contributed by atoms with Crippen molar-refractivity contribution in [3.8, 4) is 0 Å². The first-order chi connectivity index (χ1) is 5.83. The third kappa shape index (κ3) is 1.75. The van der Waals surface area contributed by atoms with E-state index in [2.05, 4.69) is 33.0 Å². The summed E-state index contributed by atoms with van der Waals surface area (Å²) in [5.74, 6) is 0. The molecule has 76 valence electrons. The minimum absolute atomic E-state index is 0.0191. The number of hydrogen-bond acceptors (Lipinski definition) is 2. The fourth-order valence-electron chi connectivity index (χ4n) is 2.90. The Labute approximate surface area is 81.0 Å². The van der Waals surface area contributed by atoms with Crippen LogP contribution in [-0.4, -0.2) is 17.9 Å². The van der Waals surface area contributed by atoms with Crippen LogP contribution in [0.5, 0.6) is 0 Å². The highest BCUT2D eigenvalue weighted by Gasteiger charge is 2.53. The van der Waals surface area contributed by atoms with Crippen LogP contribution in [0.15, 0.2) is 0 Å². The van der Waals surface area contributed by atoms with Gasteiger partial charge in [0.2, 0.25) is 0 Å². The molecule has 0 unspecified atom stereocenters. The van der Waals surface area contributed by atoms with E-state index in [9.17, 15) is 0 Å². The molecule has 0 radical (unpaired) electrons. The summed E-state index contributed by atoms with van der Waals surface area (Å²) < 4.78 is 6.12. The van der Waals surface area contributed by atoms with Crippen LogP contribution in [0.4, 0.5) is 0 Å². The molecule has 0 amide bonds. The standard InChI is InChI=1S/C11H21NO/c1-9(2)7-11(8-9)12-6-5-10(3,4)13-11/h12H,5-8H2,1-4H3. The van der Waals surface area contributed by atoms with Crippen LogP contribution in [0.1, 0.15) is 47.0 Å². The van der Waals surface area contributed by atoms with Gasteiger partial charge in [0.25, 0.3) is 0 Å². The van der Waals surface area contributed by atoms with Gasteiger partial charge in [-0.15, -0.1) is 0 Å². The zero-order valence-electron chi connectivity index (χ0n) is 9.24. The van der Waals surface area contributed by atoms with Gasteiger partial charge in [0.05, 0.1) is 5.60 Å². The van der Waals surface area contributed by atoms with Gasteiger partial charge in [0, 0.05) is 6.54 Å². The van der Waals surface area contributed by atoms with Crippen molar-refractivity contribution < 1.29 is 4.74 Å². The van der Waals surface area contributed by atoms with Crippen LogP contribution in [-0.2, 0) is 4.74 Å². The van der Waals surface area contributed by atoms with Gasteiger partial charge in [0.15, 0.2) is 0 Å². The Morgan fingerprint density at radius 2 is 1.69 bits per heavy atom. The second-order valence-corrected chi connectivity index (χ2v) is 6.05. The third-order valence-corrected chi connectivity index (χ3v) is 3.17. The summed E-state index contributed by atoms with van der Waals surface area (Å²) in [5.41, 5.74) is 0.563. The number of ether oxygens (including phenoxy) is 1. The van der Waals surface area contributed by atoms with E-state index in [1.54, 1.807) is 0 Å². The summed E-state index contributed by atoms with van der Waals surface area (Å²) in [7, 11) is 0. The van der Waals surface area contributed by atoms with Crippen molar-refractivity contribution in [1.29, 1.82) is 0 Å². The van der Waals surface area contributed by atoms with E-state index in [-0.39, 0.29) is 11.3 Å². The molecule has 1 saturated carbocycles. The van der Waals surface area contributed by atoms with Crippen molar-refractivity contribution in [2.24, 2.45) is 5.41 Å². The highest BCUT2D eigenvalue weighted by atomic mass is 16.5. The van der Waals surface area contributed by atoms with Gasteiger partial charge in [-0.1, -0.05) is 13.8 Å². The average molecular weight is 183 g/mol. The topological polar surface area (TPSA) is 21.3 Å². The first-order valence-electron chi connectivity index (χ1n) is 5.28. The first-order valence-corrected chi connectivity index (χ1v) is 5.28. The van der Waals surface area contributed by atoms with E-state index in [1.807, 2.05) is 0 Å². The summed E-state index contributed by atoms with van der Waals surface area (Å²) in [6.07, 6.45) is 3.43. The monoisotopic (exact) mass is 183 g/mol. The molecule has 2 heteroatoms. The zero-order chi connectivity index (χ0) is 9.74. The van der Waals surface area contributed by atoms with E-state index in [0.29, 0.717) is 5.41 Å². The Morgan fingerprint density at radius 3 is 2.15 bits per heavy atom. The van der Waals surface area contributed by atoms with Gasteiger partial charge in [-0.05, 0) is 38.5 Å². The molecule has 0 atom stereocenters. The highest BCUT2D eigenvalue weighted by Crippen LogP contribution is 2.51. The smallest absolute Gasteiger partial charge is 0.120 e. The Hall–Kier alpha value is -0.0800. The summed E-state index contributed by atoms with van der Waals surface area (Å²) in [6.45, 7) is 10.1. The second kappa shape index (κ2) is 2.48. The van der Waals surface area contributed by atoms with Crippen molar-refractivity contribution >= 4 is 0 Å². The summed E-state index contributed by atoms with van der Waals surface area (Å²) in [5, 5.41) is 3.52. The van der Waals surface area contributed by atoms with E-state index in [4.69, 9.17) is 4.74 Å². The second-order valence-electron chi connectivity index (χ2n) is 6.05. The third-order valence-electron chi connectivity index (χ3n) is 3.17. The van der Waals surface area contributed by atoms with Crippen LogP contribution in [0.25, 0.3) is 0 Å². The molecular formula is C11H21NO. The molecule has 13 heavy (non-hydrogen) atoms. The summed E-state index contributed by atoms with van der Waals surface area (Å²) in [6, 6.07) is 0. The van der Waals surface area contributed by atoms with Crippen molar-refractivity contribution in [3.63, 3.8) is 0 Å². The minimum Gasteiger partial charge on any atom is -0.355 e. The maximum Gasteiger partial charge on any atom is 0.120 e. The van der Waals surface area contributed by atoms with Crippen molar-refractivity contribution in [2.75, 3.05) is 6.54 Å². The average Bonchev–Trinajstić information content (AvgIpc) is 1.78. The van der Waals surface area contributed by atoms with Crippen LogP contribution in [0.3, 0.4) is 0 Å². The van der Waals surface area contributed by atoms with Crippen LogP contribution in [0.2, 0.25) is 0 Å². The predicted octanol–water partition coefficient (Wildman–Crippen LogP) is 2.29. The lowest BCUT2D eigenvalue weighted by Crippen LogP contribution is -2.66. The van der Waals surface area contributed by atoms with Crippen LogP contribution < -0.4 is 5.32 Å². The van der Waals surface area contributed by atoms with Gasteiger partial charge >= 0.3 is 0 Å². The van der Waals surface area contributed by atoms with Crippen molar-refractivity contribution in [2.45, 2.75) is 58.3 Å². The maximum absolute atomic E-state index is 6.12. The lowest BCUT2D eigenvalue weighted by molar-refractivity contribution is -0.254. The first kappa shape index (κ1) is 9.47. The Kier molecular flexibility index (Phi) is 1.81. The Balaban J connectivity index is 2.02. The van der Waals surface area contributed by atoms with Gasteiger partial charge < -0.3 is 4.74 Å². The number of nitrogens with one attached hydrogen (secondary N) is 1. The molecule has 2 nitrogen and oxygen atoms in total. The van der Waals surface area contributed by atoms with Crippen molar-refractivity contribution in [1.82, 2.24) is 5.32 Å². The summed E-state index contributed by atoms with van der Waals surface area (Å²) in [4.78, 5) is 0.